The van der Waals surface area contributed by atoms with Gasteiger partial charge in [0.25, 0.3) is 0 Å². The molecule has 0 saturated carbocycles. The Morgan fingerprint density at radius 3 is 3.00 bits per heavy atom. The van der Waals surface area contributed by atoms with Crippen molar-refractivity contribution in [3.63, 3.8) is 0 Å². The summed E-state index contributed by atoms with van der Waals surface area (Å²) in [5.41, 5.74) is 2.14. The number of anilines is 1. The van der Waals surface area contributed by atoms with Crippen molar-refractivity contribution < 1.29 is 9.90 Å². The topological polar surface area (TPSA) is 40.5 Å². The molecule has 1 aliphatic rings. The van der Waals surface area contributed by atoms with Gasteiger partial charge in [-0.2, -0.15) is 0 Å². The number of aliphatic carboxylic acids is 1. The largest absolute Gasteiger partial charge is 0.478 e. The fourth-order valence-electron chi connectivity index (χ4n) is 2.63. The van der Waals surface area contributed by atoms with Gasteiger partial charge in [-0.3, -0.25) is 0 Å². The van der Waals surface area contributed by atoms with Crippen molar-refractivity contribution in [1.82, 2.24) is 0 Å². The molecule has 0 bridgehead atoms. The zero-order valence-corrected chi connectivity index (χ0v) is 10.7. The molecule has 0 radical (unpaired) electrons. The lowest BCUT2D eigenvalue weighted by atomic mass is 10.1. The fourth-order valence-corrected chi connectivity index (χ4v) is 2.63. The van der Waals surface area contributed by atoms with Crippen LogP contribution in [-0.4, -0.2) is 23.7 Å². The van der Waals surface area contributed by atoms with E-state index in [0.29, 0.717) is 6.04 Å². The van der Waals surface area contributed by atoms with E-state index in [-0.39, 0.29) is 0 Å². The van der Waals surface area contributed by atoms with E-state index in [0.717, 1.165) is 24.2 Å². The first-order chi connectivity index (χ1) is 8.72. The first-order valence-corrected chi connectivity index (χ1v) is 6.49. The summed E-state index contributed by atoms with van der Waals surface area (Å²) in [6.07, 6.45) is 6.47. The van der Waals surface area contributed by atoms with Gasteiger partial charge in [0, 0.05) is 24.4 Å². The van der Waals surface area contributed by atoms with Crippen LogP contribution in [0.25, 0.3) is 6.08 Å². The molecule has 0 spiro atoms. The molecule has 1 unspecified atom stereocenters. The van der Waals surface area contributed by atoms with Crippen LogP contribution >= 0.6 is 0 Å². The Balaban J connectivity index is 2.29. The molecule has 1 aromatic rings. The fraction of sp³-hybridized carbons (Fsp3) is 0.400. The Morgan fingerprint density at radius 1 is 1.50 bits per heavy atom. The molecular weight excluding hydrogens is 226 g/mol. The summed E-state index contributed by atoms with van der Waals surface area (Å²) < 4.78 is 0. The van der Waals surface area contributed by atoms with Gasteiger partial charge in [0.15, 0.2) is 0 Å². The summed E-state index contributed by atoms with van der Waals surface area (Å²) in [6, 6.07) is 8.60. The van der Waals surface area contributed by atoms with Gasteiger partial charge in [0.2, 0.25) is 0 Å². The number of carbonyl (C=O) groups is 1. The number of benzene rings is 1. The van der Waals surface area contributed by atoms with E-state index in [4.69, 9.17) is 5.11 Å². The third kappa shape index (κ3) is 2.73. The first kappa shape index (κ1) is 12.7. The molecule has 0 aromatic heterocycles. The Kier molecular flexibility index (Phi) is 4.03. The highest BCUT2D eigenvalue weighted by atomic mass is 16.4. The molecule has 1 N–H and O–H groups in total. The number of carboxylic acids is 1. The maximum Gasteiger partial charge on any atom is 0.328 e. The molecule has 0 amide bonds. The Bertz CT molecular complexity index is 454. The SMILES string of the molecule is CCC1CCCN1c1ccccc1/C=C/C(=O)O. The van der Waals surface area contributed by atoms with Gasteiger partial charge in [0.1, 0.15) is 0 Å². The summed E-state index contributed by atoms with van der Waals surface area (Å²) >= 11 is 0. The van der Waals surface area contributed by atoms with Crippen LogP contribution in [0.15, 0.2) is 30.3 Å². The highest BCUT2D eigenvalue weighted by molar-refractivity contribution is 5.87. The van der Waals surface area contributed by atoms with Crippen LogP contribution in [0.2, 0.25) is 0 Å². The first-order valence-electron chi connectivity index (χ1n) is 6.49. The predicted octanol–water partition coefficient (Wildman–Crippen LogP) is 3.16. The van der Waals surface area contributed by atoms with Crippen molar-refractivity contribution in [3.05, 3.63) is 35.9 Å². The van der Waals surface area contributed by atoms with E-state index in [2.05, 4.69) is 17.9 Å². The normalized spacial score (nSPS) is 19.6. The number of hydrogen-bond donors (Lipinski definition) is 1. The molecule has 96 valence electrons. The van der Waals surface area contributed by atoms with Gasteiger partial charge in [0.05, 0.1) is 0 Å². The number of para-hydroxylation sites is 1. The summed E-state index contributed by atoms with van der Waals surface area (Å²) in [5, 5.41) is 8.73. The molecule has 1 saturated heterocycles. The molecule has 1 atom stereocenters. The van der Waals surface area contributed by atoms with Crippen LogP contribution in [-0.2, 0) is 4.79 Å². The van der Waals surface area contributed by atoms with Crippen molar-refractivity contribution in [2.45, 2.75) is 32.2 Å². The standard InChI is InChI=1S/C15H19NO2/c1-2-13-7-5-11-16(13)14-8-4-3-6-12(14)9-10-15(17)18/h3-4,6,8-10,13H,2,5,7,11H2,1H3,(H,17,18)/b10-9+. The van der Waals surface area contributed by atoms with Crippen LogP contribution < -0.4 is 4.90 Å². The Hall–Kier alpha value is -1.77. The molecule has 1 fully saturated rings. The predicted molar refractivity (Wildman–Crippen MR) is 73.8 cm³/mol. The lowest BCUT2D eigenvalue weighted by Crippen LogP contribution is -2.28. The Labute approximate surface area is 108 Å². The molecule has 1 aromatic carbocycles. The van der Waals surface area contributed by atoms with Crippen LogP contribution in [0.5, 0.6) is 0 Å². The average molecular weight is 245 g/mol. The second-order valence-corrected chi connectivity index (χ2v) is 4.63. The number of rotatable bonds is 4. The van der Waals surface area contributed by atoms with E-state index >= 15 is 0 Å². The highest BCUT2D eigenvalue weighted by Crippen LogP contribution is 2.30. The highest BCUT2D eigenvalue weighted by Gasteiger charge is 2.24. The third-order valence-corrected chi connectivity index (χ3v) is 3.50. The van der Waals surface area contributed by atoms with E-state index in [1.165, 1.54) is 18.9 Å². The van der Waals surface area contributed by atoms with Gasteiger partial charge < -0.3 is 10.0 Å². The summed E-state index contributed by atoms with van der Waals surface area (Å²) in [4.78, 5) is 13.0. The second kappa shape index (κ2) is 5.71. The minimum Gasteiger partial charge on any atom is -0.478 e. The van der Waals surface area contributed by atoms with Gasteiger partial charge in [-0.1, -0.05) is 25.1 Å². The lowest BCUT2D eigenvalue weighted by Gasteiger charge is -2.27. The number of carboxylic acid groups (broad SMARTS) is 1. The molecule has 3 heteroatoms. The van der Waals surface area contributed by atoms with Gasteiger partial charge in [-0.15, -0.1) is 0 Å². The maximum atomic E-state index is 10.6. The minimum atomic E-state index is -0.904. The summed E-state index contributed by atoms with van der Waals surface area (Å²) in [6.45, 7) is 3.27. The zero-order chi connectivity index (χ0) is 13.0. The molecule has 0 aliphatic carbocycles. The van der Waals surface area contributed by atoms with Crippen molar-refractivity contribution in [3.8, 4) is 0 Å². The molecule has 3 nitrogen and oxygen atoms in total. The second-order valence-electron chi connectivity index (χ2n) is 4.63. The average Bonchev–Trinajstić information content (AvgIpc) is 2.84. The van der Waals surface area contributed by atoms with Crippen molar-refractivity contribution in [2.75, 3.05) is 11.4 Å². The smallest absolute Gasteiger partial charge is 0.328 e. The molecule has 2 rings (SSSR count). The van der Waals surface area contributed by atoms with Crippen LogP contribution in [0.1, 0.15) is 31.7 Å². The Morgan fingerprint density at radius 2 is 2.28 bits per heavy atom. The van der Waals surface area contributed by atoms with Crippen LogP contribution in [0, 0.1) is 0 Å². The van der Waals surface area contributed by atoms with Gasteiger partial charge in [-0.25, -0.2) is 4.79 Å². The van der Waals surface area contributed by atoms with E-state index in [1.807, 2.05) is 18.2 Å². The molecular formula is C15H19NO2. The molecule has 18 heavy (non-hydrogen) atoms. The van der Waals surface area contributed by atoms with E-state index in [1.54, 1.807) is 6.08 Å². The third-order valence-electron chi connectivity index (χ3n) is 3.50. The quantitative estimate of drug-likeness (QED) is 0.828. The summed E-state index contributed by atoms with van der Waals surface area (Å²) in [7, 11) is 0. The van der Waals surface area contributed by atoms with E-state index < -0.39 is 5.97 Å². The van der Waals surface area contributed by atoms with Crippen LogP contribution in [0.3, 0.4) is 0 Å². The zero-order valence-electron chi connectivity index (χ0n) is 10.7. The van der Waals surface area contributed by atoms with E-state index in [9.17, 15) is 4.79 Å². The van der Waals surface area contributed by atoms with Crippen molar-refractivity contribution >= 4 is 17.7 Å². The van der Waals surface area contributed by atoms with Crippen molar-refractivity contribution in [1.29, 1.82) is 0 Å². The van der Waals surface area contributed by atoms with Crippen molar-refractivity contribution in [2.24, 2.45) is 0 Å². The minimum absolute atomic E-state index is 0.587. The van der Waals surface area contributed by atoms with Crippen LogP contribution in [0.4, 0.5) is 5.69 Å². The summed E-state index contributed by atoms with van der Waals surface area (Å²) in [5.74, 6) is -0.904. The monoisotopic (exact) mass is 245 g/mol. The lowest BCUT2D eigenvalue weighted by molar-refractivity contribution is -0.131. The maximum absolute atomic E-state index is 10.6. The number of hydrogen-bond acceptors (Lipinski definition) is 2. The number of nitrogens with zero attached hydrogens (tertiary/aromatic N) is 1. The van der Waals surface area contributed by atoms with Gasteiger partial charge >= 0.3 is 5.97 Å². The molecule has 1 aliphatic heterocycles. The van der Waals surface area contributed by atoms with Gasteiger partial charge in [-0.05, 0) is 37.0 Å². The molecule has 1 heterocycles.